The summed E-state index contributed by atoms with van der Waals surface area (Å²) in [7, 11) is 0. The molecule has 5 nitrogen and oxygen atoms in total. The Morgan fingerprint density at radius 1 is 0.291 bits per heavy atom. The highest BCUT2D eigenvalue weighted by molar-refractivity contribution is 7.26. The van der Waals surface area contributed by atoms with Crippen LogP contribution in [-0.2, 0) is 0 Å². The molecule has 0 radical (unpaired) electrons. The van der Waals surface area contributed by atoms with E-state index in [0.29, 0.717) is 17.5 Å². The Balaban J connectivity index is 1.04. The van der Waals surface area contributed by atoms with Crippen molar-refractivity contribution in [2.75, 3.05) is 0 Å². The summed E-state index contributed by atoms with van der Waals surface area (Å²) < 4.78 is 2.29. The van der Waals surface area contributed by atoms with E-state index in [1.807, 2.05) is 78.9 Å². The number of hydrogen-bond donors (Lipinski definition) is 0. The van der Waals surface area contributed by atoms with Crippen molar-refractivity contribution in [3.63, 3.8) is 0 Å². The molecule has 10 aromatic rings. The van der Waals surface area contributed by atoms with Crippen molar-refractivity contribution in [1.82, 2.24) is 24.9 Å². The van der Waals surface area contributed by atoms with Gasteiger partial charge < -0.3 is 0 Å². The lowest BCUT2D eigenvalue weighted by molar-refractivity contribution is 1.07. The zero-order chi connectivity index (χ0) is 36.6. The van der Waals surface area contributed by atoms with Gasteiger partial charge in [0.25, 0.3) is 0 Å². The molecule has 0 spiro atoms. The van der Waals surface area contributed by atoms with Gasteiger partial charge in [0, 0.05) is 37.9 Å². The Morgan fingerprint density at radius 2 is 0.673 bits per heavy atom. The Morgan fingerprint density at radius 3 is 1.22 bits per heavy atom. The lowest BCUT2D eigenvalue weighted by Crippen LogP contribution is -2.00. The van der Waals surface area contributed by atoms with E-state index >= 15 is 0 Å². The zero-order valence-electron chi connectivity index (χ0n) is 29.5. The number of nitrogens with zero attached hydrogens (tertiary/aromatic N) is 5. The molecule has 3 aromatic heterocycles. The fraction of sp³-hybridized carbons (Fsp3) is 0. The number of aromatic nitrogens is 5. The van der Waals surface area contributed by atoms with Crippen LogP contribution in [0.15, 0.2) is 188 Å². The van der Waals surface area contributed by atoms with Crippen LogP contribution in [0.5, 0.6) is 0 Å². The average molecular weight is 722 g/mol. The maximum atomic E-state index is 5.21. The summed E-state index contributed by atoms with van der Waals surface area (Å²) in [6.45, 7) is 0. The lowest BCUT2D eigenvalue weighted by atomic mass is 9.96. The van der Waals surface area contributed by atoms with Gasteiger partial charge >= 0.3 is 0 Å². The zero-order valence-corrected chi connectivity index (χ0v) is 30.4. The fourth-order valence-electron chi connectivity index (χ4n) is 7.00. The third-order valence-corrected chi connectivity index (χ3v) is 10.9. The van der Waals surface area contributed by atoms with Crippen LogP contribution in [0, 0.1) is 0 Å². The summed E-state index contributed by atoms with van der Waals surface area (Å²) in [6.07, 6.45) is 0. The van der Waals surface area contributed by atoms with Crippen LogP contribution in [0.1, 0.15) is 0 Å². The predicted octanol–water partition coefficient (Wildman–Crippen LogP) is 12.7. The molecule has 0 aliphatic carbocycles. The van der Waals surface area contributed by atoms with Crippen LogP contribution in [0.4, 0.5) is 0 Å². The first-order valence-corrected chi connectivity index (χ1v) is 19.0. The highest BCUT2D eigenvalue weighted by Crippen LogP contribution is 2.40. The Kier molecular flexibility index (Phi) is 8.28. The van der Waals surface area contributed by atoms with Crippen LogP contribution in [0.25, 0.3) is 99.4 Å². The number of hydrogen-bond acceptors (Lipinski definition) is 6. The molecule has 6 heteroatoms. The Bertz CT molecular complexity index is 2920. The van der Waals surface area contributed by atoms with E-state index in [1.54, 1.807) is 11.3 Å². The molecular weight excluding hydrogens is 691 g/mol. The van der Waals surface area contributed by atoms with Crippen molar-refractivity contribution in [2.45, 2.75) is 0 Å². The van der Waals surface area contributed by atoms with E-state index in [9.17, 15) is 0 Å². The molecule has 0 unspecified atom stereocenters. The van der Waals surface area contributed by atoms with Gasteiger partial charge in [-0.1, -0.05) is 164 Å². The average Bonchev–Trinajstić information content (AvgIpc) is 3.66. The topological polar surface area (TPSA) is 64.5 Å². The van der Waals surface area contributed by atoms with Gasteiger partial charge in [-0.3, -0.25) is 0 Å². The van der Waals surface area contributed by atoms with E-state index in [2.05, 4.69) is 109 Å². The van der Waals surface area contributed by atoms with Gasteiger partial charge in [-0.2, -0.15) is 0 Å². The van der Waals surface area contributed by atoms with Gasteiger partial charge in [0.1, 0.15) is 0 Å². The van der Waals surface area contributed by atoms with Gasteiger partial charge in [-0.15, -0.1) is 11.3 Å². The highest BCUT2D eigenvalue weighted by Gasteiger charge is 2.18. The molecule has 0 N–H and O–H groups in total. The van der Waals surface area contributed by atoms with Crippen LogP contribution in [0.3, 0.4) is 0 Å². The number of benzene rings is 7. The lowest BCUT2D eigenvalue weighted by Gasteiger charge is -2.11. The van der Waals surface area contributed by atoms with Crippen LogP contribution in [0.2, 0.25) is 0 Å². The van der Waals surface area contributed by atoms with Gasteiger partial charge in [-0.25, -0.2) is 24.9 Å². The first-order chi connectivity index (χ1) is 27.2. The Labute approximate surface area is 322 Å². The van der Waals surface area contributed by atoms with Crippen molar-refractivity contribution in [1.29, 1.82) is 0 Å². The number of rotatable bonds is 7. The summed E-state index contributed by atoms with van der Waals surface area (Å²) in [4.78, 5) is 25.1. The molecule has 0 fully saturated rings. The molecule has 0 aliphatic rings. The minimum Gasteiger partial charge on any atom is -0.226 e. The number of fused-ring (bicyclic) bond motifs is 3. The second-order valence-corrected chi connectivity index (χ2v) is 14.4. The van der Waals surface area contributed by atoms with Gasteiger partial charge in [-0.05, 0) is 46.5 Å². The fourth-order valence-corrected chi connectivity index (χ4v) is 8.16. The van der Waals surface area contributed by atoms with E-state index in [4.69, 9.17) is 24.9 Å². The van der Waals surface area contributed by atoms with Crippen molar-refractivity contribution in [3.05, 3.63) is 188 Å². The third kappa shape index (κ3) is 6.35. The summed E-state index contributed by atoms with van der Waals surface area (Å²) >= 11 is 1.75. The molecule has 10 rings (SSSR count). The smallest absolute Gasteiger partial charge is 0.164 e. The first-order valence-electron chi connectivity index (χ1n) is 18.2. The molecule has 3 heterocycles. The van der Waals surface area contributed by atoms with E-state index in [0.717, 1.165) is 77.2 Å². The molecule has 0 saturated carbocycles. The standard InChI is InChI=1S/C49H31N5S/c1-4-15-32(16-5-1)46-50-43(45-44(51-46)41-27-10-11-28-42(41)55-45)39-25-13-23-37(30-39)35-21-12-22-36(29-35)38-24-14-26-40(31-38)49-53-47(33-17-6-2-7-18-33)52-48(54-49)34-19-8-3-9-20-34/h1-31H. The van der Waals surface area contributed by atoms with Crippen LogP contribution in [-0.4, -0.2) is 24.9 Å². The molecular formula is C49H31N5S. The first kappa shape index (κ1) is 32.5. The van der Waals surface area contributed by atoms with Gasteiger partial charge in [0.15, 0.2) is 23.3 Å². The summed E-state index contributed by atoms with van der Waals surface area (Å²) in [5, 5.41) is 1.15. The number of thiophene rings is 1. The molecule has 0 bridgehead atoms. The molecule has 0 aliphatic heterocycles. The molecule has 0 atom stereocenters. The minimum atomic E-state index is 0.630. The van der Waals surface area contributed by atoms with E-state index in [1.165, 1.54) is 4.70 Å². The quantitative estimate of drug-likeness (QED) is 0.164. The minimum absolute atomic E-state index is 0.630. The highest BCUT2D eigenvalue weighted by atomic mass is 32.1. The van der Waals surface area contributed by atoms with Gasteiger partial charge in [0.2, 0.25) is 0 Å². The summed E-state index contributed by atoms with van der Waals surface area (Å²) in [5.41, 5.74) is 11.2. The second kappa shape index (κ2) is 14.0. The van der Waals surface area contributed by atoms with Crippen LogP contribution >= 0.6 is 11.3 Å². The van der Waals surface area contributed by atoms with Crippen molar-refractivity contribution >= 4 is 31.6 Å². The van der Waals surface area contributed by atoms with E-state index < -0.39 is 0 Å². The molecule has 0 saturated heterocycles. The molecule has 258 valence electrons. The Hall–Kier alpha value is -7.15. The second-order valence-electron chi connectivity index (χ2n) is 13.3. The van der Waals surface area contributed by atoms with Crippen molar-refractivity contribution < 1.29 is 0 Å². The SMILES string of the molecule is c1ccc(-c2nc(-c3ccccc3)nc(-c3cccc(-c4cccc(-c5cccc(-c6nc(-c7ccccc7)nc7c6sc6ccccc67)c5)c4)c3)n2)cc1. The molecule has 0 amide bonds. The summed E-state index contributed by atoms with van der Waals surface area (Å²) in [6, 6.07) is 64.7. The van der Waals surface area contributed by atoms with Crippen molar-refractivity contribution in [3.8, 4) is 79.1 Å². The normalized spacial score (nSPS) is 11.3. The van der Waals surface area contributed by atoms with E-state index in [-0.39, 0.29) is 0 Å². The monoisotopic (exact) mass is 721 g/mol. The molecule has 55 heavy (non-hydrogen) atoms. The maximum absolute atomic E-state index is 5.21. The maximum Gasteiger partial charge on any atom is 0.164 e. The van der Waals surface area contributed by atoms with Crippen molar-refractivity contribution in [2.24, 2.45) is 0 Å². The molecule has 7 aromatic carbocycles. The van der Waals surface area contributed by atoms with Gasteiger partial charge in [0.05, 0.1) is 15.9 Å². The predicted molar refractivity (Wildman–Crippen MR) is 226 cm³/mol. The van der Waals surface area contributed by atoms with Crippen LogP contribution < -0.4 is 0 Å². The largest absolute Gasteiger partial charge is 0.226 e. The third-order valence-electron chi connectivity index (χ3n) is 9.74. The summed E-state index contributed by atoms with van der Waals surface area (Å²) in [5.74, 6) is 2.64.